The molecule has 208 valence electrons. The van der Waals surface area contributed by atoms with Gasteiger partial charge in [-0.2, -0.15) is 9.78 Å². The maximum atomic E-state index is 13.2. The molecule has 1 aliphatic heterocycles. The molecule has 0 radical (unpaired) electrons. The molecular formula is C29H37N5O5. The Balaban J connectivity index is 1.43. The third-order valence-corrected chi connectivity index (χ3v) is 6.96. The van der Waals surface area contributed by atoms with Gasteiger partial charge in [0.05, 0.1) is 31.8 Å². The minimum Gasteiger partial charge on any atom is -0.493 e. The van der Waals surface area contributed by atoms with Crippen molar-refractivity contribution in [2.45, 2.75) is 26.7 Å². The maximum Gasteiger partial charge on any atom is 0.279 e. The number of fused-ring (bicyclic) bond motifs is 1. The Kier molecular flexibility index (Phi) is 9.19. The Bertz CT molecular complexity index is 1380. The lowest BCUT2D eigenvalue weighted by Crippen LogP contribution is -2.41. The van der Waals surface area contributed by atoms with Crippen LogP contribution in [0.5, 0.6) is 11.5 Å². The third-order valence-electron chi connectivity index (χ3n) is 6.96. The molecule has 2 N–H and O–H groups in total. The second-order valence-electron chi connectivity index (χ2n) is 10.2. The number of likely N-dealkylation sites (tertiary alicyclic amines) is 1. The van der Waals surface area contributed by atoms with E-state index in [1.165, 1.54) is 20.6 Å². The highest BCUT2D eigenvalue weighted by molar-refractivity contribution is 6.05. The van der Waals surface area contributed by atoms with Crippen molar-refractivity contribution in [3.63, 3.8) is 0 Å². The summed E-state index contributed by atoms with van der Waals surface area (Å²) < 4.78 is 11.8. The maximum absolute atomic E-state index is 13.2. The number of rotatable bonds is 10. The molecule has 1 aliphatic rings. The topological polar surface area (TPSA) is 115 Å². The smallest absolute Gasteiger partial charge is 0.279 e. The zero-order valence-electron chi connectivity index (χ0n) is 23.0. The van der Waals surface area contributed by atoms with Gasteiger partial charge in [-0.1, -0.05) is 32.0 Å². The summed E-state index contributed by atoms with van der Waals surface area (Å²) in [4.78, 5) is 41.3. The number of methoxy groups -OCH3 is 2. The van der Waals surface area contributed by atoms with E-state index in [0.29, 0.717) is 46.3 Å². The molecule has 0 spiro atoms. The van der Waals surface area contributed by atoms with Crippen molar-refractivity contribution >= 4 is 22.6 Å². The summed E-state index contributed by atoms with van der Waals surface area (Å²) >= 11 is 0. The number of hydrogen-bond acceptors (Lipinski definition) is 7. The van der Waals surface area contributed by atoms with Crippen LogP contribution in [0.1, 0.15) is 37.2 Å². The number of benzene rings is 2. The first-order valence-electron chi connectivity index (χ1n) is 13.3. The molecule has 0 unspecified atom stereocenters. The van der Waals surface area contributed by atoms with E-state index in [1.54, 1.807) is 42.5 Å². The van der Waals surface area contributed by atoms with Gasteiger partial charge in [-0.05, 0) is 49.4 Å². The van der Waals surface area contributed by atoms with Crippen molar-refractivity contribution in [2.24, 2.45) is 11.8 Å². The molecule has 1 fully saturated rings. The summed E-state index contributed by atoms with van der Waals surface area (Å²) in [5, 5.41) is 10.6. The van der Waals surface area contributed by atoms with Crippen LogP contribution >= 0.6 is 0 Å². The van der Waals surface area contributed by atoms with Crippen LogP contribution in [0.15, 0.2) is 47.3 Å². The SMILES string of the molecule is COc1ccc(-n2nc(C(=O)NCC(=O)NCCCN3C[C@H](C)C[C@H](C)C3)c3ccccc3c2=O)cc1OC. The Morgan fingerprint density at radius 3 is 2.36 bits per heavy atom. The molecule has 1 aromatic heterocycles. The monoisotopic (exact) mass is 535 g/mol. The number of ether oxygens (including phenoxy) is 2. The first-order valence-corrected chi connectivity index (χ1v) is 13.3. The second kappa shape index (κ2) is 12.8. The van der Waals surface area contributed by atoms with Gasteiger partial charge in [0.1, 0.15) is 0 Å². The van der Waals surface area contributed by atoms with E-state index in [9.17, 15) is 14.4 Å². The number of hydrogen-bond donors (Lipinski definition) is 2. The summed E-state index contributed by atoms with van der Waals surface area (Å²) in [6.45, 7) is 8.05. The van der Waals surface area contributed by atoms with Gasteiger partial charge < -0.3 is 25.0 Å². The highest BCUT2D eigenvalue weighted by Crippen LogP contribution is 2.29. The van der Waals surface area contributed by atoms with Crippen LogP contribution in [0.3, 0.4) is 0 Å². The minimum atomic E-state index is -0.549. The fourth-order valence-corrected chi connectivity index (χ4v) is 5.30. The van der Waals surface area contributed by atoms with Crippen LogP contribution in [0.4, 0.5) is 0 Å². The number of piperidine rings is 1. The Hall–Kier alpha value is -3.92. The molecule has 1 saturated heterocycles. The lowest BCUT2D eigenvalue weighted by atomic mass is 9.92. The highest BCUT2D eigenvalue weighted by Gasteiger charge is 2.21. The van der Waals surface area contributed by atoms with Gasteiger partial charge in [-0.3, -0.25) is 14.4 Å². The van der Waals surface area contributed by atoms with Crippen molar-refractivity contribution in [2.75, 3.05) is 46.9 Å². The van der Waals surface area contributed by atoms with Crippen LogP contribution in [0.2, 0.25) is 0 Å². The molecule has 4 rings (SSSR count). The van der Waals surface area contributed by atoms with Crippen molar-refractivity contribution < 1.29 is 19.1 Å². The number of nitrogens with one attached hydrogen (secondary N) is 2. The average molecular weight is 536 g/mol. The van der Waals surface area contributed by atoms with Crippen molar-refractivity contribution in [1.29, 1.82) is 0 Å². The predicted molar refractivity (Wildman–Crippen MR) is 150 cm³/mol. The molecule has 3 aromatic rings. The van der Waals surface area contributed by atoms with E-state index in [1.807, 2.05) is 0 Å². The fraction of sp³-hybridized carbons (Fsp3) is 0.448. The third kappa shape index (κ3) is 6.75. The lowest BCUT2D eigenvalue weighted by molar-refractivity contribution is -0.120. The molecule has 2 amide bonds. The van der Waals surface area contributed by atoms with E-state index in [-0.39, 0.29) is 23.7 Å². The van der Waals surface area contributed by atoms with E-state index in [0.717, 1.165) is 30.7 Å². The first-order chi connectivity index (χ1) is 18.8. The zero-order chi connectivity index (χ0) is 27.9. The van der Waals surface area contributed by atoms with E-state index < -0.39 is 5.91 Å². The molecule has 10 nitrogen and oxygen atoms in total. The van der Waals surface area contributed by atoms with Crippen LogP contribution in [0.25, 0.3) is 16.5 Å². The summed E-state index contributed by atoms with van der Waals surface area (Å²) in [7, 11) is 3.02. The Morgan fingerprint density at radius 2 is 1.67 bits per heavy atom. The van der Waals surface area contributed by atoms with Crippen molar-refractivity contribution in [1.82, 2.24) is 25.3 Å². The zero-order valence-corrected chi connectivity index (χ0v) is 23.0. The average Bonchev–Trinajstić information content (AvgIpc) is 2.93. The molecule has 0 bridgehead atoms. The summed E-state index contributed by atoms with van der Waals surface area (Å²) in [6, 6.07) is 11.7. The van der Waals surface area contributed by atoms with E-state index >= 15 is 0 Å². The molecule has 10 heteroatoms. The largest absolute Gasteiger partial charge is 0.493 e. The van der Waals surface area contributed by atoms with Gasteiger partial charge in [0.25, 0.3) is 11.5 Å². The van der Waals surface area contributed by atoms with Crippen LogP contribution in [-0.2, 0) is 4.79 Å². The molecule has 2 heterocycles. The summed E-state index contributed by atoms with van der Waals surface area (Å²) in [5.41, 5.74) is 0.0680. The van der Waals surface area contributed by atoms with Crippen LogP contribution in [0, 0.1) is 11.8 Å². The Labute approximate surface area is 228 Å². The van der Waals surface area contributed by atoms with Crippen LogP contribution < -0.4 is 25.7 Å². The summed E-state index contributed by atoms with van der Waals surface area (Å²) in [6.07, 6.45) is 2.12. The van der Waals surface area contributed by atoms with Gasteiger partial charge in [-0.25, -0.2) is 0 Å². The molecule has 0 saturated carbocycles. The van der Waals surface area contributed by atoms with Crippen molar-refractivity contribution in [3.8, 4) is 17.2 Å². The van der Waals surface area contributed by atoms with E-state index in [2.05, 4.69) is 34.5 Å². The molecular weight excluding hydrogens is 498 g/mol. The van der Waals surface area contributed by atoms with Gasteiger partial charge in [-0.15, -0.1) is 0 Å². The van der Waals surface area contributed by atoms with Gasteiger partial charge in [0, 0.05) is 31.1 Å². The normalized spacial score (nSPS) is 17.5. The molecule has 2 atom stereocenters. The number of nitrogens with zero attached hydrogens (tertiary/aromatic N) is 3. The van der Waals surface area contributed by atoms with Gasteiger partial charge in [0.2, 0.25) is 5.91 Å². The highest BCUT2D eigenvalue weighted by atomic mass is 16.5. The lowest BCUT2D eigenvalue weighted by Gasteiger charge is -2.34. The molecule has 0 aliphatic carbocycles. The van der Waals surface area contributed by atoms with Gasteiger partial charge in [0.15, 0.2) is 17.2 Å². The summed E-state index contributed by atoms with van der Waals surface area (Å²) in [5.74, 6) is 1.49. The molecule has 2 aromatic carbocycles. The van der Waals surface area contributed by atoms with Gasteiger partial charge >= 0.3 is 0 Å². The van der Waals surface area contributed by atoms with Crippen molar-refractivity contribution in [3.05, 3.63) is 58.5 Å². The van der Waals surface area contributed by atoms with E-state index in [4.69, 9.17) is 9.47 Å². The Morgan fingerprint density at radius 1 is 0.974 bits per heavy atom. The molecule has 39 heavy (non-hydrogen) atoms. The quantitative estimate of drug-likeness (QED) is 0.384. The number of carbonyl (C=O) groups excluding carboxylic acids is 2. The van der Waals surface area contributed by atoms with Crippen LogP contribution in [-0.4, -0.2) is 73.4 Å². The second-order valence-corrected chi connectivity index (χ2v) is 10.2. The number of aromatic nitrogens is 2. The minimum absolute atomic E-state index is 0.0427. The fourth-order valence-electron chi connectivity index (χ4n) is 5.30. The predicted octanol–water partition coefficient (Wildman–Crippen LogP) is 2.62. The first kappa shape index (κ1) is 28.1. The standard InChI is InChI=1S/C29H37N5O5/c1-19-14-20(2)18-33(17-19)13-7-12-30-26(35)16-31-28(36)27-22-8-5-6-9-23(22)29(37)34(32-27)21-10-11-24(38-3)25(15-21)39-4/h5-6,8-11,15,19-20H,7,12-14,16-18H2,1-4H3,(H,30,35)(H,31,36)/t19-,20+. The number of amides is 2. The number of carbonyl (C=O) groups is 2.